The second kappa shape index (κ2) is 5.74. The fourth-order valence-electron chi connectivity index (χ4n) is 1.60. The van der Waals surface area contributed by atoms with E-state index in [-0.39, 0.29) is 5.82 Å². The topological polar surface area (TPSA) is 95.3 Å². The zero-order valence-electron chi connectivity index (χ0n) is 10.1. The molecule has 0 bridgehead atoms. The largest absolute Gasteiger partial charge is 0.475 e. The van der Waals surface area contributed by atoms with Crippen LogP contribution in [-0.4, -0.2) is 45.2 Å². The number of carbonyl (C=O) groups is 1. The monoisotopic (exact) mass is 283 g/mol. The highest BCUT2D eigenvalue weighted by atomic mass is 19.3. The first kappa shape index (κ1) is 14.1. The Kier molecular flexibility index (Phi) is 4.04. The highest BCUT2D eigenvalue weighted by Crippen LogP contribution is 2.20. The smallest absolute Gasteiger partial charge is 0.374 e. The third kappa shape index (κ3) is 2.97. The molecule has 1 aromatic heterocycles. The number of rotatable bonds is 5. The maximum Gasteiger partial charge on any atom is 0.374 e. The van der Waals surface area contributed by atoms with Gasteiger partial charge in [-0.3, -0.25) is 0 Å². The summed E-state index contributed by atoms with van der Waals surface area (Å²) in [6.07, 6.45) is -4.76. The number of alkyl halides is 2. The van der Waals surface area contributed by atoms with Crippen LogP contribution < -0.4 is 5.32 Å². The number of hydrogen-bond donors (Lipinski definition) is 3. The molecule has 0 saturated heterocycles. The Morgan fingerprint density at radius 1 is 1.30 bits per heavy atom. The molecule has 2 aromatic rings. The lowest BCUT2D eigenvalue weighted by Crippen LogP contribution is -2.27. The maximum atomic E-state index is 12.2. The average molecular weight is 283 g/mol. The molecule has 0 saturated carbocycles. The Balaban J connectivity index is 2.37. The summed E-state index contributed by atoms with van der Waals surface area (Å²) in [6.45, 7) is -0.447. The maximum absolute atomic E-state index is 12.2. The van der Waals surface area contributed by atoms with Gasteiger partial charge >= 0.3 is 5.97 Å². The molecule has 2 rings (SSSR count). The van der Waals surface area contributed by atoms with E-state index < -0.39 is 30.9 Å². The van der Waals surface area contributed by atoms with Crippen LogP contribution in [0.3, 0.4) is 0 Å². The van der Waals surface area contributed by atoms with E-state index in [1.165, 1.54) is 0 Å². The van der Waals surface area contributed by atoms with Gasteiger partial charge in [-0.2, -0.15) is 0 Å². The van der Waals surface area contributed by atoms with Gasteiger partial charge in [0.1, 0.15) is 11.9 Å². The summed E-state index contributed by atoms with van der Waals surface area (Å²) in [5.74, 6) is -1.68. The lowest BCUT2D eigenvalue weighted by molar-refractivity contribution is 0.00381. The van der Waals surface area contributed by atoms with Crippen LogP contribution in [0.4, 0.5) is 14.6 Å². The van der Waals surface area contributed by atoms with Crippen molar-refractivity contribution in [1.29, 1.82) is 0 Å². The van der Waals surface area contributed by atoms with Gasteiger partial charge in [-0.25, -0.2) is 23.5 Å². The molecule has 1 unspecified atom stereocenters. The number of aliphatic hydroxyl groups is 1. The molecule has 0 spiro atoms. The third-order valence-electron chi connectivity index (χ3n) is 2.56. The van der Waals surface area contributed by atoms with Crippen molar-refractivity contribution in [3.05, 3.63) is 30.1 Å². The quantitative estimate of drug-likeness (QED) is 0.767. The first-order valence-electron chi connectivity index (χ1n) is 5.69. The van der Waals surface area contributed by atoms with Gasteiger partial charge in [0.15, 0.2) is 0 Å². The number of halogens is 2. The molecular weight excluding hydrogens is 272 g/mol. The highest BCUT2D eigenvalue weighted by molar-refractivity contribution is 5.93. The number of nitrogens with one attached hydrogen (secondary N) is 1. The summed E-state index contributed by atoms with van der Waals surface area (Å²) in [6, 6.07) is 6.55. The fourth-order valence-corrected chi connectivity index (χ4v) is 1.60. The predicted molar refractivity (Wildman–Crippen MR) is 67.0 cm³/mol. The number of hydrogen-bond acceptors (Lipinski definition) is 5. The van der Waals surface area contributed by atoms with E-state index in [2.05, 4.69) is 15.3 Å². The van der Waals surface area contributed by atoms with Gasteiger partial charge in [0, 0.05) is 11.9 Å². The van der Waals surface area contributed by atoms with E-state index in [4.69, 9.17) is 10.2 Å². The molecule has 3 N–H and O–H groups in total. The number of aromatic carboxylic acids is 1. The number of nitrogens with zero attached hydrogens (tertiary/aromatic N) is 2. The van der Waals surface area contributed by atoms with Crippen molar-refractivity contribution < 1.29 is 23.8 Å². The Labute approximate surface area is 112 Å². The summed E-state index contributed by atoms with van der Waals surface area (Å²) in [5, 5.41) is 21.0. The van der Waals surface area contributed by atoms with Crippen LogP contribution in [0, 0.1) is 0 Å². The molecule has 1 heterocycles. The van der Waals surface area contributed by atoms with Gasteiger partial charge in [-0.15, -0.1) is 0 Å². The van der Waals surface area contributed by atoms with Crippen LogP contribution in [0.5, 0.6) is 0 Å². The number of anilines is 1. The first-order valence-corrected chi connectivity index (χ1v) is 5.69. The van der Waals surface area contributed by atoms with Crippen LogP contribution in [0.15, 0.2) is 24.3 Å². The number of benzene rings is 1. The van der Waals surface area contributed by atoms with Gasteiger partial charge in [0.05, 0.1) is 5.52 Å². The molecule has 1 atom stereocenters. The van der Waals surface area contributed by atoms with E-state index >= 15 is 0 Å². The molecule has 0 aliphatic carbocycles. The molecule has 106 valence electrons. The van der Waals surface area contributed by atoms with Gasteiger partial charge < -0.3 is 15.5 Å². The Hall–Kier alpha value is -2.35. The summed E-state index contributed by atoms with van der Waals surface area (Å²) < 4.78 is 24.5. The van der Waals surface area contributed by atoms with Crippen molar-refractivity contribution in [2.75, 3.05) is 11.9 Å². The lowest BCUT2D eigenvalue weighted by Gasteiger charge is -2.13. The zero-order chi connectivity index (χ0) is 14.7. The fraction of sp³-hybridized carbons (Fsp3) is 0.250. The standard InChI is InChI=1S/C12H11F2N3O3/c13-9(14)8(18)5-15-10-6-3-1-2-4-7(6)16-11(17-10)12(19)20/h1-4,8-9,18H,5H2,(H,19,20)(H,15,16,17). The van der Waals surface area contributed by atoms with E-state index in [9.17, 15) is 13.6 Å². The Morgan fingerprint density at radius 3 is 2.65 bits per heavy atom. The predicted octanol–water partition coefficient (Wildman–Crippen LogP) is 1.37. The highest BCUT2D eigenvalue weighted by Gasteiger charge is 2.18. The van der Waals surface area contributed by atoms with Crippen LogP contribution in [0.1, 0.15) is 10.6 Å². The van der Waals surface area contributed by atoms with Crippen molar-refractivity contribution in [3.8, 4) is 0 Å². The zero-order valence-corrected chi connectivity index (χ0v) is 10.1. The van der Waals surface area contributed by atoms with Crippen molar-refractivity contribution in [2.24, 2.45) is 0 Å². The number of aromatic nitrogens is 2. The molecular formula is C12H11F2N3O3. The summed E-state index contributed by atoms with van der Waals surface area (Å²) in [4.78, 5) is 18.5. The molecule has 0 radical (unpaired) electrons. The van der Waals surface area contributed by atoms with Crippen LogP contribution in [0.2, 0.25) is 0 Å². The lowest BCUT2D eigenvalue weighted by atomic mass is 10.2. The van der Waals surface area contributed by atoms with E-state index in [0.29, 0.717) is 10.9 Å². The summed E-state index contributed by atoms with van der Waals surface area (Å²) in [7, 11) is 0. The van der Waals surface area contributed by atoms with Gasteiger partial charge in [-0.05, 0) is 12.1 Å². The number of aliphatic hydroxyl groups excluding tert-OH is 1. The number of carboxylic acid groups (broad SMARTS) is 1. The summed E-state index contributed by atoms with van der Waals surface area (Å²) in [5.41, 5.74) is 0.369. The minimum Gasteiger partial charge on any atom is -0.475 e. The molecule has 6 nitrogen and oxygen atoms in total. The van der Waals surface area contributed by atoms with Crippen molar-refractivity contribution >= 4 is 22.7 Å². The second-order valence-corrected chi connectivity index (χ2v) is 4.00. The minimum atomic E-state index is -2.89. The van der Waals surface area contributed by atoms with Crippen LogP contribution in [0.25, 0.3) is 10.9 Å². The van der Waals surface area contributed by atoms with E-state index in [0.717, 1.165) is 0 Å². The normalized spacial score (nSPS) is 12.6. The molecule has 0 aliphatic rings. The van der Waals surface area contributed by atoms with E-state index in [1.807, 2.05) is 0 Å². The number of para-hydroxylation sites is 1. The van der Waals surface area contributed by atoms with Gasteiger partial charge in [0.25, 0.3) is 6.43 Å². The second-order valence-electron chi connectivity index (χ2n) is 4.00. The minimum absolute atomic E-state index is 0.0905. The van der Waals surface area contributed by atoms with Crippen LogP contribution in [-0.2, 0) is 0 Å². The molecule has 0 amide bonds. The van der Waals surface area contributed by atoms with Crippen molar-refractivity contribution in [1.82, 2.24) is 9.97 Å². The number of fused-ring (bicyclic) bond motifs is 1. The van der Waals surface area contributed by atoms with Gasteiger partial charge in [0.2, 0.25) is 5.82 Å². The van der Waals surface area contributed by atoms with Gasteiger partial charge in [-0.1, -0.05) is 12.1 Å². The molecule has 0 aliphatic heterocycles. The Morgan fingerprint density at radius 2 is 2.00 bits per heavy atom. The molecule has 20 heavy (non-hydrogen) atoms. The van der Waals surface area contributed by atoms with E-state index in [1.54, 1.807) is 24.3 Å². The molecule has 0 fully saturated rings. The first-order chi connectivity index (χ1) is 9.49. The molecule has 8 heteroatoms. The van der Waals surface area contributed by atoms with Crippen LogP contribution >= 0.6 is 0 Å². The van der Waals surface area contributed by atoms with Crippen molar-refractivity contribution in [2.45, 2.75) is 12.5 Å². The summed E-state index contributed by atoms with van der Waals surface area (Å²) >= 11 is 0. The third-order valence-corrected chi connectivity index (χ3v) is 2.56. The average Bonchev–Trinajstić information content (AvgIpc) is 2.43. The molecule has 1 aromatic carbocycles. The Bertz CT molecular complexity index is 636. The SMILES string of the molecule is O=C(O)c1nc(NCC(O)C(F)F)c2ccccc2n1. The van der Waals surface area contributed by atoms with Crippen molar-refractivity contribution in [3.63, 3.8) is 0 Å². The number of carboxylic acids is 1.